The lowest BCUT2D eigenvalue weighted by Gasteiger charge is -2.06. The summed E-state index contributed by atoms with van der Waals surface area (Å²) in [7, 11) is 0. The van der Waals surface area contributed by atoms with Crippen LogP contribution in [0.5, 0.6) is 11.5 Å². The second kappa shape index (κ2) is 5.43. The van der Waals surface area contributed by atoms with Gasteiger partial charge in [0.1, 0.15) is 11.5 Å². The largest absolute Gasteiger partial charge is 0.484 e. The lowest BCUT2D eigenvalue weighted by Crippen LogP contribution is -2.24. The minimum atomic E-state index is -0.966. The van der Waals surface area contributed by atoms with Crippen LogP contribution >= 0.6 is 0 Å². The van der Waals surface area contributed by atoms with Crippen molar-refractivity contribution in [2.45, 2.75) is 32.5 Å². The number of aryl methyl sites for hydroxylation is 1. The fourth-order valence-corrected chi connectivity index (χ4v) is 2.07. The van der Waals surface area contributed by atoms with Gasteiger partial charge in [-0.15, -0.1) is 10.2 Å². The van der Waals surface area contributed by atoms with Crippen LogP contribution in [0.25, 0.3) is 0 Å². The van der Waals surface area contributed by atoms with Gasteiger partial charge < -0.3 is 19.0 Å². The summed E-state index contributed by atoms with van der Waals surface area (Å²) in [5.74, 6) is 1.11. The maximum atomic E-state index is 10.9. The lowest BCUT2D eigenvalue weighted by molar-refractivity contribution is -0.144. The van der Waals surface area contributed by atoms with Gasteiger partial charge in [-0.05, 0) is 11.6 Å². The van der Waals surface area contributed by atoms with Gasteiger partial charge in [0.25, 0.3) is 5.89 Å². The number of ether oxygens (including phenoxy) is 2. The normalized spacial score (nSPS) is 16.3. The summed E-state index contributed by atoms with van der Waals surface area (Å²) in [5, 5.41) is 16.7. The molecule has 1 unspecified atom stereocenters. The molecule has 0 aliphatic carbocycles. The van der Waals surface area contributed by atoms with Crippen molar-refractivity contribution in [2.75, 3.05) is 0 Å². The first-order chi connectivity index (χ1) is 10.2. The van der Waals surface area contributed by atoms with Crippen molar-refractivity contribution in [3.8, 4) is 11.5 Å². The van der Waals surface area contributed by atoms with E-state index < -0.39 is 12.1 Å². The van der Waals surface area contributed by atoms with Crippen molar-refractivity contribution >= 4 is 5.97 Å². The lowest BCUT2D eigenvalue weighted by atomic mass is 10.1. The minimum Gasteiger partial charge on any atom is -0.484 e. The summed E-state index contributed by atoms with van der Waals surface area (Å²) in [4.78, 5) is 10.9. The van der Waals surface area contributed by atoms with Crippen LogP contribution in [0.3, 0.4) is 0 Å². The predicted octanol–water partition coefficient (Wildman–Crippen LogP) is 1.60. The number of rotatable bonds is 5. The number of benzene rings is 1. The van der Waals surface area contributed by atoms with Crippen LogP contribution in [0.2, 0.25) is 0 Å². The molecule has 21 heavy (non-hydrogen) atoms. The SMILES string of the molecule is CCc1nnc(COc2ccc3c(c2)OC(C(=O)O)C3)o1. The molecule has 1 aromatic heterocycles. The zero-order valence-electron chi connectivity index (χ0n) is 11.4. The van der Waals surface area contributed by atoms with Crippen molar-refractivity contribution in [1.29, 1.82) is 0 Å². The molecule has 1 aliphatic rings. The van der Waals surface area contributed by atoms with Gasteiger partial charge >= 0.3 is 5.97 Å². The highest BCUT2D eigenvalue weighted by atomic mass is 16.5. The Morgan fingerprint density at radius 1 is 1.43 bits per heavy atom. The van der Waals surface area contributed by atoms with E-state index in [4.69, 9.17) is 19.0 Å². The zero-order chi connectivity index (χ0) is 14.8. The molecule has 1 aromatic carbocycles. The van der Waals surface area contributed by atoms with Gasteiger partial charge in [-0.2, -0.15) is 0 Å². The number of hydrogen-bond donors (Lipinski definition) is 1. The Morgan fingerprint density at radius 3 is 2.95 bits per heavy atom. The molecule has 0 saturated heterocycles. The number of nitrogens with zero attached hydrogens (tertiary/aromatic N) is 2. The monoisotopic (exact) mass is 290 g/mol. The van der Waals surface area contributed by atoms with E-state index in [1.807, 2.05) is 6.92 Å². The Hall–Kier alpha value is -2.57. The molecule has 1 N–H and O–H groups in total. The van der Waals surface area contributed by atoms with Crippen LogP contribution in [0.15, 0.2) is 22.6 Å². The van der Waals surface area contributed by atoms with Gasteiger partial charge in [-0.25, -0.2) is 4.79 Å². The Kier molecular flexibility index (Phi) is 3.47. The Balaban J connectivity index is 1.65. The van der Waals surface area contributed by atoms with Crippen LogP contribution in [-0.4, -0.2) is 27.4 Å². The van der Waals surface area contributed by atoms with Gasteiger partial charge in [0.05, 0.1) is 0 Å². The number of aromatic nitrogens is 2. The number of fused-ring (bicyclic) bond motifs is 1. The van der Waals surface area contributed by atoms with E-state index in [1.54, 1.807) is 18.2 Å². The summed E-state index contributed by atoms with van der Waals surface area (Å²) in [6.45, 7) is 2.09. The van der Waals surface area contributed by atoms with E-state index in [2.05, 4.69) is 10.2 Å². The number of aliphatic carboxylic acids is 1. The third-order valence-corrected chi connectivity index (χ3v) is 3.16. The topological polar surface area (TPSA) is 94.7 Å². The quantitative estimate of drug-likeness (QED) is 0.893. The molecule has 0 bridgehead atoms. The second-order valence-electron chi connectivity index (χ2n) is 4.65. The molecule has 1 atom stereocenters. The van der Waals surface area contributed by atoms with Crippen LogP contribution in [0.4, 0.5) is 0 Å². The van der Waals surface area contributed by atoms with Crippen LogP contribution in [-0.2, 0) is 24.2 Å². The number of carboxylic acid groups (broad SMARTS) is 1. The maximum absolute atomic E-state index is 10.9. The Bertz CT molecular complexity index is 667. The standard InChI is InChI=1S/C14H14N2O5/c1-2-12-15-16-13(21-12)7-19-9-4-3-8-5-11(14(17)18)20-10(8)6-9/h3-4,6,11H,2,5,7H2,1H3,(H,17,18). The zero-order valence-corrected chi connectivity index (χ0v) is 11.4. The molecule has 0 radical (unpaired) electrons. The molecule has 7 heteroatoms. The second-order valence-corrected chi connectivity index (χ2v) is 4.65. The van der Waals surface area contributed by atoms with E-state index in [9.17, 15) is 4.79 Å². The summed E-state index contributed by atoms with van der Waals surface area (Å²) in [5.41, 5.74) is 0.862. The molecule has 0 spiro atoms. The van der Waals surface area contributed by atoms with Crippen LogP contribution < -0.4 is 9.47 Å². The van der Waals surface area contributed by atoms with Crippen molar-refractivity contribution in [2.24, 2.45) is 0 Å². The molecular weight excluding hydrogens is 276 g/mol. The van der Waals surface area contributed by atoms with E-state index in [1.165, 1.54) is 0 Å². The van der Waals surface area contributed by atoms with Crippen molar-refractivity contribution in [3.05, 3.63) is 35.5 Å². The molecule has 3 rings (SSSR count). The van der Waals surface area contributed by atoms with Crippen molar-refractivity contribution < 1.29 is 23.8 Å². The fraction of sp³-hybridized carbons (Fsp3) is 0.357. The van der Waals surface area contributed by atoms with E-state index >= 15 is 0 Å². The molecule has 7 nitrogen and oxygen atoms in total. The van der Waals surface area contributed by atoms with E-state index in [-0.39, 0.29) is 6.61 Å². The first-order valence-corrected chi connectivity index (χ1v) is 6.62. The average Bonchev–Trinajstić information content (AvgIpc) is 3.11. The van der Waals surface area contributed by atoms with Crippen LogP contribution in [0.1, 0.15) is 24.3 Å². The molecule has 1 aliphatic heterocycles. The van der Waals surface area contributed by atoms with Gasteiger partial charge in [0.2, 0.25) is 5.89 Å². The average molecular weight is 290 g/mol. The number of hydrogen-bond acceptors (Lipinski definition) is 6. The van der Waals surface area contributed by atoms with Gasteiger partial charge in [-0.3, -0.25) is 0 Å². The van der Waals surface area contributed by atoms with Crippen molar-refractivity contribution in [3.63, 3.8) is 0 Å². The highest BCUT2D eigenvalue weighted by Crippen LogP contribution is 2.32. The van der Waals surface area contributed by atoms with E-state index in [0.717, 1.165) is 5.56 Å². The molecule has 0 saturated carbocycles. The third kappa shape index (κ3) is 2.81. The molecule has 2 heterocycles. The molecular formula is C14H14N2O5. The Labute approximate surface area is 120 Å². The first-order valence-electron chi connectivity index (χ1n) is 6.62. The van der Waals surface area contributed by atoms with Crippen molar-refractivity contribution in [1.82, 2.24) is 10.2 Å². The predicted molar refractivity (Wildman–Crippen MR) is 70.2 cm³/mol. The third-order valence-electron chi connectivity index (χ3n) is 3.16. The summed E-state index contributed by atoms with van der Waals surface area (Å²) in [6, 6.07) is 5.25. The molecule has 110 valence electrons. The number of carboxylic acids is 1. The highest BCUT2D eigenvalue weighted by Gasteiger charge is 2.28. The highest BCUT2D eigenvalue weighted by molar-refractivity contribution is 5.74. The molecule has 0 fully saturated rings. The Morgan fingerprint density at radius 2 is 2.24 bits per heavy atom. The fourth-order valence-electron chi connectivity index (χ4n) is 2.07. The first kappa shape index (κ1) is 13.4. The summed E-state index contributed by atoms with van der Waals surface area (Å²) in [6.07, 6.45) is 0.225. The van der Waals surface area contributed by atoms with Gasteiger partial charge in [-0.1, -0.05) is 13.0 Å². The molecule has 2 aromatic rings. The van der Waals surface area contributed by atoms with Gasteiger partial charge in [0, 0.05) is 18.9 Å². The minimum absolute atomic E-state index is 0.161. The molecule has 0 amide bonds. The maximum Gasteiger partial charge on any atom is 0.345 e. The van der Waals surface area contributed by atoms with Gasteiger partial charge in [0.15, 0.2) is 12.7 Å². The number of carbonyl (C=O) groups is 1. The smallest absolute Gasteiger partial charge is 0.345 e. The summed E-state index contributed by atoms with van der Waals surface area (Å²) < 4.78 is 16.2. The van der Waals surface area contributed by atoms with E-state index in [0.29, 0.717) is 36.1 Å². The summed E-state index contributed by atoms with van der Waals surface area (Å²) >= 11 is 0. The van der Waals surface area contributed by atoms with Crippen LogP contribution in [0, 0.1) is 0 Å².